The van der Waals surface area contributed by atoms with Gasteiger partial charge in [0.05, 0.1) is 0 Å². The highest BCUT2D eigenvalue weighted by Gasteiger charge is 2.41. The fraction of sp³-hybridized carbons (Fsp3) is 0.647. The molecule has 0 bridgehead atoms. The summed E-state index contributed by atoms with van der Waals surface area (Å²) in [6.45, 7) is 5.96. The summed E-state index contributed by atoms with van der Waals surface area (Å²) in [6, 6.07) is 13.1. The van der Waals surface area contributed by atoms with Gasteiger partial charge in [-0.15, -0.1) is 0 Å². The van der Waals surface area contributed by atoms with Crippen LogP contribution in [0.25, 0.3) is 0 Å². The van der Waals surface area contributed by atoms with Crippen molar-refractivity contribution in [3.8, 4) is 0 Å². The zero-order chi connectivity index (χ0) is 13.4. The van der Waals surface area contributed by atoms with E-state index < -0.39 is 0 Å². The van der Waals surface area contributed by atoms with Gasteiger partial charge < -0.3 is 10.2 Å². The number of nitrogens with zero attached hydrogens (tertiary/aromatic N) is 1. The molecule has 0 amide bonds. The van der Waals surface area contributed by atoms with Gasteiger partial charge in [-0.25, -0.2) is 0 Å². The van der Waals surface area contributed by atoms with Crippen LogP contribution in [0.4, 0.5) is 0 Å². The van der Waals surface area contributed by atoms with E-state index >= 15 is 0 Å². The van der Waals surface area contributed by atoms with Crippen molar-refractivity contribution in [2.45, 2.75) is 50.7 Å². The summed E-state index contributed by atoms with van der Waals surface area (Å²) in [4.78, 5) is 2.49. The standard InChI is InChI=1S/C17H26N2/c1-12-11-19(3)13(2)9-16(12)18-17-10-15(17)14-7-5-4-6-8-14/h4-8,12-13,15-18H,9-11H2,1-3H3. The summed E-state index contributed by atoms with van der Waals surface area (Å²) < 4.78 is 0. The largest absolute Gasteiger partial charge is 0.310 e. The minimum absolute atomic E-state index is 0.699. The Bertz CT molecular complexity index is 417. The Balaban J connectivity index is 1.56. The fourth-order valence-electron chi connectivity index (χ4n) is 3.50. The second-order valence-corrected chi connectivity index (χ2v) is 6.63. The topological polar surface area (TPSA) is 15.3 Å². The molecule has 5 unspecified atom stereocenters. The zero-order valence-electron chi connectivity index (χ0n) is 12.3. The summed E-state index contributed by atoms with van der Waals surface area (Å²) in [5, 5.41) is 3.92. The molecule has 1 saturated heterocycles. The molecule has 19 heavy (non-hydrogen) atoms. The Morgan fingerprint density at radius 3 is 2.53 bits per heavy atom. The lowest BCUT2D eigenvalue weighted by molar-refractivity contribution is 0.121. The Kier molecular flexibility index (Phi) is 3.64. The lowest BCUT2D eigenvalue weighted by Crippen LogP contribution is -2.51. The SMILES string of the molecule is CC1CN(C)C(C)CC1NC1CC1c1ccccc1. The molecule has 0 radical (unpaired) electrons. The van der Waals surface area contributed by atoms with E-state index in [4.69, 9.17) is 0 Å². The van der Waals surface area contributed by atoms with Crippen molar-refractivity contribution in [3.63, 3.8) is 0 Å². The highest BCUT2D eigenvalue weighted by atomic mass is 15.2. The molecular formula is C17H26N2. The molecule has 1 heterocycles. The Morgan fingerprint density at radius 2 is 1.79 bits per heavy atom. The summed E-state index contributed by atoms with van der Waals surface area (Å²) in [7, 11) is 2.25. The van der Waals surface area contributed by atoms with Crippen LogP contribution in [0.5, 0.6) is 0 Å². The molecule has 1 aromatic rings. The van der Waals surface area contributed by atoms with Crippen LogP contribution in [0, 0.1) is 5.92 Å². The third-order valence-electron chi connectivity index (χ3n) is 5.06. The third kappa shape index (κ3) is 2.85. The molecule has 1 aromatic carbocycles. The van der Waals surface area contributed by atoms with Crippen LogP contribution in [0.1, 0.15) is 38.2 Å². The fourth-order valence-corrected chi connectivity index (χ4v) is 3.50. The first-order valence-corrected chi connectivity index (χ1v) is 7.66. The molecule has 2 heteroatoms. The molecule has 104 valence electrons. The van der Waals surface area contributed by atoms with E-state index in [2.05, 4.69) is 61.4 Å². The van der Waals surface area contributed by atoms with Crippen molar-refractivity contribution in [2.75, 3.05) is 13.6 Å². The molecule has 0 aromatic heterocycles. The molecule has 5 atom stereocenters. The van der Waals surface area contributed by atoms with Crippen LogP contribution >= 0.6 is 0 Å². The van der Waals surface area contributed by atoms with Gasteiger partial charge in [0, 0.05) is 30.6 Å². The van der Waals surface area contributed by atoms with E-state index in [-0.39, 0.29) is 0 Å². The third-order valence-corrected chi connectivity index (χ3v) is 5.06. The highest BCUT2D eigenvalue weighted by molar-refractivity contribution is 5.27. The second-order valence-electron chi connectivity index (χ2n) is 6.63. The lowest BCUT2D eigenvalue weighted by atomic mass is 9.89. The maximum absolute atomic E-state index is 3.92. The summed E-state index contributed by atoms with van der Waals surface area (Å²) in [6.07, 6.45) is 2.60. The molecule has 0 spiro atoms. The maximum Gasteiger partial charge on any atom is 0.0145 e. The predicted molar refractivity (Wildman–Crippen MR) is 80.4 cm³/mol. The molecule has 2 aliphatic rings. The highest BCUT2D eigenvalue weighted by Crippen LogP contribution is 2.41. The van der Waals surface area contributed by atoms with E-state index in [0.29, 0.717) is 18.1 Å². The van der Waals surface area contributed by atoms with E-state index in [9.17, 15) is 0 Å². The van der Waals surface area contributed by atoms with E-state index in [1.165, 1.54) is 24.9 Å². The summed E-state index contributed by atoms with van der Waals surface area (Å²) in [5.41, 5.74) is 1.51. The van der Waals surface area contributed by atoms with Crippen molar-refractivity contribution in [1.82, 2.24) is 10.2 Å². The number of likely N-dealkylation sites (tertiary alicyclic amines) is 1. The van der Waals surface area contributed by atoms with Gasteiger partial charge in [0.1, 0.15) is 0 Å². The average molecular weight is 258 g/mol. The monoisotopic (exact) mass is 258 g/mol. The van der Waals surface area contributed by atoms with Crippen molar-refractivity contribution >= 4 is 0 Å². The average Bonchev–Trinajstić information content (AvgIpc) is 3.16. The first-order valence-electron chi connectivity index (χ1n) is 7.66. The molecule has 2 nitrogen and oxygen atoms in total. The maximum atomic E-state index is 3.92. The van der Waals surface area contributed by atoms with E-state index in [0.717, 1.165) is 11.8 Å². The molecular weight excluding hydrogens is 232 g/mol. The van der Waals surface area contributed by atoms with Crippen LogP contribution in [-0.4, -0.2) is 36.6 Å². The van der Waals surface area contributed by atoms with Gasteiger partial charge in [0.15, 0.2) is 0 Å². The second kappa shape index (κ2) is 5.26. The first kappa shape index (κ1) is 13.1. The number of rotatable bonds is 3. The van der Waals surface area contributed by atoms with Crippen molar-refractivity contribution < 1.29 is 0 Å². The van der Waals surface area contributed by atoms with Gasteiger partial charge in [0.2, 0.25) is 0 Å². The zero-order valence-corrected chi connectivity index (χ0v) is 12.3. The lowest BCUT2D eigenvalue weighted by Gasteiger charge is -2.40. The van der Waals surface area contributed by atoms with Gasteiger partial charge in [-0.3, -0.25) is 0 Å². The number of hydrogen-bond donors (Lipinski definition) is 1. The minimum atomic E-state index is 0.699. The van der Waals surface area contributed by atoms with Crippen LogP contribution in [0.15, 0.2) is 30.3 Å². The van der Waals surface area contributed by atoms with Gasteiger partial charge in [-0.1, -0.05) is 37.3 Å². The van der Waals surface area contributed by atoms with Gasteiger partial charge in [0.25, 0.3) is 0 Å². The quantitative estimate of drug-likeness (QED) is 0.897. The molecule has 1 saturated carbocycles. The number of benzene rings is 1. The number of piperidine rings is 1. The first-order chi connectivity index (χ1) is 9.15. The summed E-state index contributed by atoms with van der Waals surface area (Å²) in [5.74, 6) is 1.52. The Hall–Kier alpha value is -0.860. The van der Waals surface area contributed by atoms with E-state index in [1.54, 1.807) is 0 Å². The normalized spacial score (nSPS) is 39.2. The van der Waals surface area contributed by atoms with Crippen LogP contribution < -0.4 is 5.32 Å². The number of nitrogens with one attached hydrogen (secondary N) is 1. The Labute approximate surface area is 117 Å². The molecule has 1 aliphatic carbocycles. The van der Waals surface area contributed by atoms with Gasteiger partial charge in [-0.2, -0.15) is 0 Å². The van der Waals surface area contributed by atoms with E-state index in [1.807, 2.05) is 0 Å². The summed E-state index contributed by atoms with van der Waals surface area (Å²) >= 11 is 0. The minimum Gasteiger partial charge on any atom is -0.310 e. The molecule has 1 N–H and O–H groups in total. The van der Waals surface area contributed by atoms with Crippen molar-refractivity contribution in [1.29, 1.82) is 0 Å². The van der Waals surface area contributed by atoms with Crippen LogP contribution in [0.3, 0.4) is 0 Å². The predicted octanol–water partition coefficient (Wildman–Crippen LogP) is 2.86. The van der Waals surface area contributed by atoms with Crippen molar-refractivity contribution in [3.05, 3.63) is 35.9 Å². The molecule has 3 rings (SSSR count). The van der Waals surface area contributed by atoms with Gasteiger partial charge >= 0.3 is 0 Å². The molecule has 2 fully saturated rings. The molecule has 1 aliphatic heterocycles. The van der Waals surface area contributed by atoms with Crippen LogP contribution in [0.2, 0.25) is 0 Å². The van der Waals surface area contributed by atoms with Gasteiger partial charge in [-0.05, 0) is 38.3 Å². The van der Waals surface area contributed by atoms with Crippen molar-refractivity contribution in [2.24, 2.45) is 5.92 Å². The smallest absolute Gasteiger partial charge is 0.0145 e. The van der Waals surface area contributed by atoms with Crippen LogP contribution in [-0.2, 0) is 0 Å². The Morgan fingerprint density at radius 1 is 1.05 bits per heavy atom. The number of hydrogen-bond acceptors (Lipinski definition) is 2.